The van der Waals surface area contributed by atoms with Crippen molar-refractivity contribution in [1.82, 2.24) is 10.2 Å². The third-order valence-electron chi connectivity index (χ3n) is 4.86. The smallest absolute Gasteiger partial charge is 0.255 e. The molecule has 0 spiro atoms. The topological polar surface area (TPSA) is 32.3 Å². The number of rotatable bonds is 2. The normalized spacial score (nSPS) is 23.9. The fraction of sp³-hybridized carbons (Fsp3) is 0.316. The molecule has 1 saturated heterocycles. The number of fused-ring (bicyclic) bond motifs is 1. The van der Waals surface area contributed by atoms with Crippen LogP contribution in [0.2, 0.25) is 0 Å². The van der Waals surface area contributed by atoms with Crippen LogP contribution in [0.5, 0.6) is 0 Å². The fourth-order valence-electron chi connectivity index (χ4n) is 3.80. The van der Waals surface area contributed by atoms with Gasteiger partial charge >= 0.3 is 0 Å². The Labute approximate surface area is 135 Å². The second-order valence-corrected chi connectivity index (χ2v) is 6.22. The molecule has 1 N–H and O–H groups in total. The highest BCUT2D eigenvalue weighted by Crippen LogP contribution is 2.41. The summed E-state index contributed by atoms with van der Waals surface area (Å²) in [7, 11) is 0. The van der Waals surface area contributed by atoms with Crippen molar-refractivity contribution in [2.24, 2.45) is 0 Å². The van der Waals surface area contributed by atoms with E-state index in [-0.39, 0.29) is 23.8 Å². The van der Waals surface area contributed by atoms with E-state index in [2.05, 4.69) is 5.32 Å². The summed E-state index contributed by atoms with van der Waals surface area (Å²) in [6.45, 7) is 1.75. The van der Waals surface area contributed by atoms with Gasteiger partial charge in [-0.05, 0) is 37.1 Å². The summed E-state index contributed by atoms with van der Waals surface area (Å²) >= 11 is 0. The standard InChI is InChI=1S/C19H19FN2O/c20-17-10-4-3-9-16(17)18-14-7-1-2-8-15(14)19(23)22(18)13-6-5-11-21-12-13/h1-4,7-10,13,18,21H,5-6,11-12H2. The van der Waals surface area contributed by atoms with Gasteiger partial charge in [0.2, 0.25) is 0 Å². The van der Waals surface area contributed by atoms with Crippen LogP contribution < -0.4 is 5.32 Å². The van der Waals surface area contributed by atoms with Crippen molar-refractivity contribution in [3.63, 3.8) is 0 Å². The highest BCUT2D eigenvalue weighted by Gasteiger charge is 2.42. The number of benzene rings is 2. The molecule has 0 saturated carbocycles. The molecule has 2 aromatic carbocycles. The first-order valence-electron chi connectivity index (χ1n) is 8.14. The predicted octanol–water partition coefficient (Wildman–Crippen LogP) is 3.12. The molecule has 2 unspecified atom stereocenters. The number of piperidine rings is 1. The quantitative estimate of drug-likeness (QED) is 0.924. The van der Waals surface area contributed by atoms with Gasteiger partial charge in [-0.15, -0.1) is 0 Å². The maximum Gasteiger partial charge on any atom is 0.255 e. The summed E-state index contributed by atoms with van der Waals surface area (Å²) in [4.78, 5) is 14.9. The van der Waals surface area contributed by atoms with Gasteiger partial charge in [-0.25, -0.2) is 4.39 Å². The Morgan fingerprint density at radius 1 is 1.04 bits per heavy atom. The average molecular weight is 310 g/mol. The summed E-state index contributed by atoms with van der Waals surface area (Å²) in [6, 6.07) is 14.1. The zero-order valence-electron chi connectivity index (χ0n) is 12.8. The van der Waals surface area contributed by atoms with Crippen molar-refractivity contribution in [3.05, 3.63) is 71.0 Å². The second-order valence-electron chi connectivity index (χ2n) is 6.22. The molecule has 1 fully saturated rings. The Hall–Kier alpha value is -2.20. The van der Waals surface area contributed by atoms with Gasteiger partial charge in [0.15, 0.2) is 0 Å². The number of amides is 1. The summed E-state index contributed by atoms with van der Waals surface area (Å²) < 4.78 is 14.4. The van der Waals surface area contributed by atoms with Crippen molar-refractivity contribution < 1.29 is 9.18 Å². The lowest BCUT2D eigenvalue weighted by atomic mass is 9.96. The van der Waals surface area contributed by atoms with E-state index in [0.29, 0.717) is 11.1 Å². The summed E-state index contributed by atoms with van der Waals surface area (Å²) in [6.07, 6.45) is 1.99. The van der Waals surface area contributed by atoms with Crippen LogP contribution >= 0.6 is 0 Å². The third-order valence-corrected chi connectivity index (χ3v) is 4.86. The van der Waals surface area contributed by atoms with Gasteiger partial charge in [0.25, 0.3) is 5.91 Å². The van der Waals surface area contributed by atoms with Gasteiger partial charge in [-0.1, -0.05) is 36.4 Å². The maximum absolute atomic E-state index is 14.4. The zero-order chi connectivity index (χ0) is 15.8. The molecule has 3 nitrogen and oxygen atoms in total. The van der Waals surface area contributed by atoms with Crippen molar-refractivity contribution in [1.29, 1.82) is 0 Å². The van der Waals surface area contributed by atoms with E-state index in [1.807, 2.05) is 35.2 Å². The molecule has 2 aliphatic heterocycles. The second kappa shape index (κ2) is 5.78. The molecule has 2 aliphatic rings. The summed E-state index contributed by atoms with van der Waals surface area (Å²) in [5, 5.41) is 3.36. The molecule has 0 radical (unpaired) electrons. The van der Waals surface area contributed by atoms with E-state index in [1.165, 1.54) is 6.07 Å². The van der Waals surface area contributed by atoms with Crippen molar-refractivity contribution in [2.45, 2.75) is 24.9 Å². The Morgan fingerprint density at radius 2 is 1.78 bits per heavy atom. The van der Waals surface area contributed by atoms with Gasteiger partial charge in [0.1, 0.15) is 5.82 Å². The SMILES string of the molecule is O=C1c2ccccc2C(c2ccccc2F)N1C1CCCNC1. The first kappa shape index (κ1) is 14.4. The number of hydrogen-bond donors (Lipinski definition) is 1. The zero-order valence-corrected chi connectivity index (χ0v) is 12.8. The van der Waals surface area contributed by atoms with E-state index in [9.17, 15) is 9.18 Å². The number of hydrogen-bond acceptors (Lipinski definition) is 2. The van der Waals surface area contributed by atoms with Crippen LogP contribution in [-0.2, 0) is 0 Å². The van der Waals surface area contributed by atoms with Gasteiger partial charge in [0, 0.05) is 23.7 Å². The minimum absolute atomic E-state index is 0.0163. The molecule has 0 bridgehead atoms. The van der Waals surface area contributed by atoms with Gasteiger partial charge in [0.05, 0.1) is 6.04 Å². The first-order chi connectivity index (χ1) is 11.3. The van der Waals surface area contributed by atoms with E-state index in [1.54, 1.807) is 12.1 Å². The fourth-order valence-corrected chi connectivity index (χ4v) is 3.80. The Balaban J connectivity index is 1.84. The minimum atomic E-state index is -0.329. The van der Waals surface area contributed by atoms with Crippen molar-refractivity contribution >= 4 is 5.91 Å². The number of carbonyl (C=O) groups is 1. The highest BCUT2D eigenvalue weighted by atomic mass is 19.1. The van der Waals surface area contributed by atoms with Gasteiger partial charge < -0.3 is 10.2 Å². The molecule has 2 atom stereocenters. The van der Waals surface area contributed by atoms with Crippen LogP contribution in [0.15, 0.2) is 48.5 Å². The summed E-state index contributed by atoms with van der Waals surface area (Å²) in [5.41, 5.74) is 2.19. The summed E-state index contributed by atoms with van der Waals surface area (Å²) in [5.74, 6) is -0.238. The van der Waals surface area contributed by atoms with Crippen LogP contribution in [0.3, 0.4) is 0 Å². The Bertz CT molecular complexity index is 740. The van der Waals surface area contributed by atoms with E-state index in [0.717, 1.165) is 31.5 Å². The molecule has 2 heterocycles. The molecule has 4 rings (SSSR count). The largest absolute Gasteiger partial charge is 0.323 e. The molecule has 118 valence electrons. The van der Waals surface area contributed by atoms with Gasteiger partial charge in [-0.3, -0.25) is 4.79 Å². The van der Waals surface area contributed by atoms with Crippen LogP contribution in [0, 0.1) is 5.82 Å². The lowest BCUT2D eigenvalue weighted by Crippen LogP contribution is -2.47. The van der Waals surface area contributed by atoms with E-state index in [4.69, 9.17) is 0 Å². The number of halogens is 1. The van der Waals surface area contributed by atoms with Crippen molar-refractivity contribution in [2.75, 3.05) is 13.1 Å². The highest BCUT2D eigenvalue weighted by molar-refractivity contribution is 6.00. The molecule has 4 heteroatoms. The lowest BCUT2D eigenvalue weighted by Gasteiger charge is -2.36. The molecule has 1 amide bonds. The van der Waals surface area contributed by atoms with Crippen molar-refractivity contribution in [3.8, 4) is 0 Å². The van der Waals surface area contributed by atoms with Gasteiger partial charge in [-0.2, -0.15) is 0 Å². The molecule has 2 aromatic rings. The Kier molecular flexibility index (Phi) is 3.62. The first-order valence-corrected chi connectivity index (χ1v) is 8.14. The van der Waals surface area contributed by atoms with Crippen LogP contribution in [0.25, 0.3) is 0 Å². The number of nitrogens with zero attached hydrogens (tertiary/aromatic N) is 1. The minimum Gasteiger partial charge on any atom is -0.323 e. The number of carbonyl (C=O) groups excluding carboxylic acids is 1. The van der Waals surface area contributed by atoms with Crippen LogP contribution in [0.4, 0.5) is 4.39 Å². The predicted molar refractivity (Wildman–Crippen MR) is 86.7 cm³/mol. The van der Waals surface area contributed by atoms with Crippen LogP contribution in [-0.4, -0.2) is 29.9 Å². The molecule has 23 heavy (non-hydrogen) atoms. The number of nitrogens with one attached hydrogen (secondary N) is 1. The molecule has 0 aliphatic carbocycles. The van der Waals surface area contributed by atoms with E-state index < -0.39 is 0 Å². The molecule has 0 aromatic heterocycles. The third kappa shape index (κ3) is 2.34. The lowest BCUT2D eigenvalue weighted by molar-refractivity contribution is 0.0626. The average Bonchev–Trinajstić information content (AvgIpc) is 2.89. The molecular formula is C19H19FN2O. The molecular weight excluding hydrogens is 291 g/mol. The Morgan fingerprint density at radius 3 is 2.52 bits per heavy atom. The monoisotopic (exact) mass is 310 g/mol. The van der Waals surface area contributed by atoms with E-state index >= 15 is 0 Å². The maximum atomic E-state index is 14.4. The van der Waals surface area contributed by atoms with Crippen LogP contribution in [0.1, 0.15) is 40.4 Å².